The highest BCUT2D eigenvalue weighted by Gasteiger charge is 2.56. The molecule has 3 heterocycles. The van der Waals surface area contributed by atoms with E-state index in [-0.39, 0.29) is 24.0 Å². The third kappa shape index (κ3) is 13.7. The number of amidine groups is 1. The number of hydrogen-bond donors (Lipinski definition) is 6. The molecular weight excluding hydrogens is 693 g/mol. The summed E-state index contributed by atoms with van der Waals surface area (Å²) in [5.74, 6) is 0.119. The topological polar surface area (TPSA) is 262 Å². The maximum Gasteiger partial charge on any atom is 0.472 e. The first-order valence-electron chi connectivity index (χ1n) is 17.8. The number of hydrogen-bond acceptors (Lipinski definition) is 12. The van der Waals surface area contributed by atoms with Gasteiger partial charge in [0.05, 0.1) is 24.5 Å². The Morgan fingerprint density at radius 3 is 2.35 bits per heavy atom. The van der Waals surface area contributed by atoms with Crippen molar-refractivity contribution in [3.8, 4) is 18.0 Å². The monoisotopic (exact) mass is 745 g/mol. The predicted octanol–water partition coefficient (Wildman–Crippen LogP) is 4.95. The van der Waals surface area contributed by atoms with Crippen LogP contribution in [0.1, 0.15) is 107 Å². The number of nitriles is 2. The van der Waals surface area contributed by atoms with E-state index in [1.54, 1.807) is 6.07 Å². The van der Waals surface area contributed by atoms with Crippen LogP contribution in [-0.2, 0) is 23.1 Å². The van der Waals surface area contributed by atoms with E-state index in [1.165, 1.54) is 88.2 Å². The van der Waals surface area contributed by atoms with Gasteiger partial charge in [0, 0.05) is 24.6 Å². The molecular formula is C35H52N7O9P. The Kier molecular flexibility index (Phi) is 18.4. The standard InChI is InChI=1S/C35H52N7O9P/c1-2-3-4-5-6-7-8-9-10-11-12-13-18-47-21-27(50-30-17-14-26(19-36)20-40-30)22-48-52(45,46)49-24-35(23-37)33(44)31(43)32(51-35)28-15-16-29(42-28)34(39)41-25-38/h14-17,20,25,27,31-33,42-44H,2-13,18,21-22,24H2,1H3,(H,45,46)(H3,38,39,41)/t27-,31+,32+,33+,35-/m1/s1. The fourth-order valence-corrected chi connectivity index (χ4v) is 6.40. The quantitative estimate of drug-likeness (QED) is 0.0323. The van der Waals surface area contributed by atoms with Gasteiger partial charge in [-0.15, -0.1) is 0 Å². The Bertz CT molecular complexity index is 1530. The Hall–Kier alpha value is -3.70. The number of unbranched alkanes of at least 4 members (excludes halogenated alkanes) is 11. The van der Waals surface area contributed by atoms with Crippen LogP contribution in [0.2, 0.25) is 0 Å². The zero-order valence-corrected chi connectivity index (χ0v) is 30.6. The molecule has 0 aliphatic carbocycles. The lowest BCUT2D eigenvalue weighted by molar-refractivity contribution is -0.0752. The molecule has 0 radical (unpaired) electrons. The third-order valence-corrected chi connectivity index (χ3v) is 9.53. The first kappa shape index (κ1) is 42.7. The highest BCUT2D eigenvalue weighted by molar-refractivity contribution is 7.47. The number of H-pyrrole nitrogens is 1. The Labute approximate surface area is 305 Å². The van der Waals surface area contributed by atoms with Gasteiger partial charge >= 0.3 is 7.82 Å². The summed E-state index contributed by atoms with van der Waals surface area (Å²) >= 11 is 0. The summed E-state index contributed by atoms with van der Waals surface area (Å²) in [6, 6.07) is 9.69. The van der Waals surface area contributed by atoms with Crippen LogP contribution >= 0.6 is 7.82 Å². The van der Waals surface area contributed by atoms with Gasteiger partial charge in [-0.2, -0.15) is 10.5 Å². The van der Waals surface area contributed by atoms with E-state index in [4.69, 9.17) is 39.7 Å². The van der Waals surface area contributed by atoms with Gasteiger partial charge in [0.25, 0.3) is 0 Å². The van der Waals surface area contributed by atoms with Crippen LogP contribution in [-0.4, -0.2) is 87.6 Å². The second-order valence-electron chi connectivity index (χ2n) is 12.7. The second-order valence-corrected chi connectivity index (χ2v) is 14.1. The SMILES string of the molecule is CCCCCCCCCCCCCCOC[C@H](COP(=O)(O)OC[C@@]1(C#N)O[C@@H](c2ccc(C(N)=NC=N)[nH]2)[C@H](O)[C@@H]1O)Oc1ccc(C#N)cn1. The number of aliphatic hydroxyl groups is 2. The van der Waals surface area contributed by atoms with Crippen LogP contribution in [0, 0.1) is 28.1 Å². The zero-order chi connectivity index (χ0) is 37.8. The van der Waals surface area contributed by atoms with Gasteiger partial charge < -0.3 is 40.0 Å². The summed E-state index contributed by atoms with van der Waals surface area (Å²) in [4.78, 5) is 21.1. The van der Waals surface area contributed by atoms with Crippen LogP contribution in [0.3, 0.4) is 0 Å². The average Bonchev–Trinajstić information content (AvgIpc) is 3.73. The van der Waals surface area contributed by atoms with Crippen LogP contribution in [0.4, 0.5) is 0 Å². The van der Waals surface area contributed by atoms with E-state index in [1.807, 2.05) is 6.07 Å². The van der Waals surface area contributed by atoms with Gasteiger partial charge in [0.2, 0.25) is 11.5 Å². The second kappa shape index (κ2) is 22.4. The molecule has 6 atom stereocenters. The zero-order valence-electron chi connectivity index (χ0n) is 29.7. The molecule has 0 amide bonds. The van der Waals surface area contributed by atoms with Gasteiger partial charge in [0.15, 0.2) is 0 Å². The third-order valence-electron chi connectivity index (χ3n) is 8.60. The molecule has 7 N–H and O–H groups in total. The van der Waals surface area contributed by atoms with Gasteiger partial charge in [-0.05, 0) is 24.6 Å². The number of aromatic nitrogens is 2. The van der Waals surface area contributed by atoms with Crippen molar-refractivity contribution >= 4 is 20.0 Å². The molecule has 2 aromatic heterocycles. The number of aliphatic hydroxyl groups excluding tert-OH is 2. The van der Waals surface area contributed by atoms with Gasteiger partial charge in [0.1, 0.15) is 55.3 Å². The number of phosphoric ester groups is 1. The fourth-order valence-electron chi connectivity index (χ4n) is 5.62. The highest BCUT2D eigenvalue weighted by Crippen LogP contribution is 2.47. The first-order valence-corrected chi connectivity index (χ1v) is 19.3. The van der Waals surface area contributed by atoms with Gasteiger partial charge in [-0.25, -0.2) is 14.5 Å². The van der Waals surface area contributed by atoms with E-state index < -0.39 is 51.1 Å². The highest BCUT2D eigenvalue weighted by atomic mass is 31.2. The first-order chi connectivity index (χ1) is 25.1. The van der Waals surface area contributed by atoms with Crippen LogP contribution in [0.5, 0.6) is 5.88 Å². The molecule has 1 fully saturated rings. The van der Waals surface area contributed by atoms with Crippen molar-refractivity contribution in [1.82, 2.24) is 9.97 Å². The lowest BCUT2D eigenvalue weighted by Crippen LogP contribution is -2.45. The summed E-state index contributed by atoms with van der Waals surface area (Å²) < 4.78 is 40.6. The van der Waals surface area contributed by atoms with E-state index in [0.29, 0.717) is 17.9 Å². The van der Waals surface area contributed by atoms with Crippen molar-refractivity contribution in [2.45, 2.75) is 114 Å². The molecule has 0 bridgehead atoms. The molecule has 52 heavy (non-hydrogen) atoms. The largest absolute Gasteiger partial charge is 0.472 e. The normalized spacial score (nSPS) is 22.0. The number of nitrogens with two attached hydrogens (primary N) is 1. The molecule has 1 aliphatic heterocycles. The number of aromatic amines is 1. The Morgan fingerprint density at radius 1 is 1.08 bits per heavy atom. The Balaban J connectivity index is 1.49. The van der Waals surface area contributed by atoms with Crippen molar-refractivity contribution in [1.29, 1.82) is 15.9 Å². The molecule has 286 valence electrons. The van der Waals surface area contributed by atoms with Crippen molar-refractivity contribution < 1.29 is 42.9 Å². The molecule has 1 unspecified atom stereocenters. The van der Waals surface area contributed by atoms with E-state index in [2.05, 4.69) is 21.9 Å². The minimum absolute atomic E-state index is 0.00920. The maximum atomic E-state index is 13.0. The summed E-state index contributed by atoms with van der Waals surface area (Å²) in [6.07, 6.45) is 10.9. The Morgan fingerprint density at radius 2 is 1.75 bits per heavy atom. The minimum Gasteiger partial charge on any atom is -0.469 e. The maximum absolute atomic E-state index is 13.0. The number of rotatable bonds is 26. The summed E-state index contributed by atoms with van der Waals surface area (Å²) in [5, 5.41) is 47.5. The van der Waals surface area contributed by atoms with Crippen molar-refractivity contribution in [2.75, 3.05) is 26.4 Å². The molecule has 0 saturated carbocycles. The molecule has 3 rings (SSSR count). The van der Waals surface area contributed by atoms with E-state index in [0.717, 1.165) is 25.6 Å². The summed E-state index contributed by atoms with van der Waals surface area (Å²) in [7, 11) is -4.88. The molecule has 0 spiro atoms. The van der Waals surface area contributed by atoms with Crippen molar-refractivity contribution in [3.63, 3.8) is 0 Å². The molecule has 16 nitrogen and oxygen atoms in total. The van der Waals surface area contributed by atoms with E-state index >= 15 is 0 Å². The number of pyridine rings is 1. The van der Waals surface area contributed by atoms with E-state index in [9.17, 15) is 24.9 Å². The summed E-state index contributed by atoms with van der Waals surface area (Å²) in [6.45, 7) is 1.25. The predicted molar refractivity (Wildman–Crippen MR) is 191 cm³/mol. The fraction of sp³-hybridized carbons (Fsp3) is 0.629. The molecule has 1 aliphatic rings. The number of phosphoric acid groups is 1. The molecule has 17 heteroatoms. The lowest BCUT2D eigenvalue weighted by Gasteiger charge is -2.25. The van der Waals surface area contributed by atoms with Gasteiger partial charge in [-0.3, -0.25) is 14.5 Å². The van der Waals surface area contributed by atoms with Crippen molar-refractivity contribution in [3.05, 3.63) is 47.4 Å². The number of nitrogens with zero attached hydrogens (tertiary/aromatic N) is 4. The number of nitrogens with one attached hydrogen (secondary N) is 2. The number of aliphatic imine (C=N–C) groups is 1. The lowest BCUT2D eigenvalue weighted by atomic mass is 9.96. The van der Waals surface area contributed by atoms with Crippen molar-refractivity contribution in [2.24, 2.45) is 10.7 Å². The smallest absolute Gasteiger partial charge is 0.469 e. The average molecular weight is 746 g/mol. The molecule has 2 aromatic rings. The molecule has 1 saturated heterocycles. The van der Waals surface area contributed by atoms with Gasteiger partial charge in [-0.1, -0.05) is 77.6 Å². The van der Waals surface area contributed by atoms with Crippen LogP contribution in [0.15, 0.2) is 35.5 Å². The summed E-state index contributed by atoms with van der Waals surface area (Å²) in [5.41, 5.74) is 4.38. The number of ether oxygens (including phenoxy) is 3. The molecule has 0 aromatic carbocycles. The minimum atomic E-state index is -4.88. The van der Waals surface area contributed by atoms with Crippen LogP contribution < -0.4 is 10.5 Å². The van der Waals surface area contributed by atoms with Crippen LogP contribution in [0.25, 0.3) is 0 Å².